The molecule has 2 aromatic heterocycles. The normalized spacial score (nSPS) is 27.2. The number of phosphoric acid groups is 1. The van der Waals surface area contributed by atoms with E-state index >= 15 is 0 Å². The van der Waals surface area contributed by atoms with E-state index in [1.807, 2.05) is 13.8 Å². The van der Waals surface area contributed by atoms with Crippen LogP contribution < -0.4 is 5.73 Å². The Bertz CT molecular complexity index is 1050. The second-order valence-corrected chi connectivity index (χ2v) is 9.92. The second kappa shape index (κ2) is 11.3. The molecule has 12 nitrogen and oxygen atoms in total. The minimum Gasteiger partial charge on any atom is -0.463 e. The number of imidazole rings is 1. The van der Waals surface area contributed by atoms with E-state index in [1.54, 1.807) is 25.3 Å². The van der Waals surface area contributed by atoms with Gasteiger partial charge in [0.15, 0.2) is 11.5 Å². The van der Waals surface area contributed by atoms with E-state index in [-0.39, 0.29) is 36.4 Å². The number of hydrogen-bond acceptors (Lipinski definition) is 11. The number of nitrogens with two attached hydrogens (primary N) is 1. The number of hydrogen-bond donors (Lipinski definition) is 1. The number of phosphoric ester groups is 1. The number of aromatic nitrogens is 4. The van der Waals surface area contributed by atoms with Gasteiger partial charge in [-0.05, 0) is 31.9 Å². The summed E-state index contributed by atoms with van der Waals surface area (Å²) in [7, 11) is -3.79. The van der Waals surface area contributed by atoms with Gasteiger partial charge in [-0.3, -0.25) is 22.9 Å². The molecule has 0 radical (unpaired) electrons. The van der Waals surface area contributed by atoms with Gasteiger partial charge in [0.2, 0.25) is 5.28 Å². The highest BCUT2D eigenvalue weighted by Gasteiger charge is 2.48. The van der Waals surface area contributed by atoms with Crippen molar-refractivity contribution in [3.63, 3.8) is 0 Å². The summed E-state index contributed by atoms with van der Waals surface area (Å²) in [5, 5.41) is -0.00356. The van der Waals surface area contributed by atoms with E-state index in [4.69, 9.17) is 40.4 Å². The van der Waals surface area contributed by atoms with Crippen LogP contribution in [-0.4, -0.2) is 57.0 Å². The molecule has 4 heterocycles. The first-order valence-electron chi connectivity index (χ1n) is 11.2. The third-order valence-corrected chi connectivity index (χ3v) is 6.79. The zero-order chi connectivity index (χ0) is 25.0. The molecular weight excluding hydrogens is 489 g/mol. The van der Waals surface area contributed by atoms with Gasteiger partial charge in [-0.15, -0.1) is 0 Å². The second-order valence-electron chi connectivity index (χ2n) is 7.96. The van der Waals surface area contributed by atoms with Gasteiger partial charge in [0.05, 0.1) is 31.6 Å². The third-order valence-electron chi connectivity index (χ3n) is 5.13. The Hall–Kier alpha value is -1.82. The van der Waals surface area contributed by atoms with Crippen molar-refractivity contribution in [2.45, 2.75) is 72.0 Å². The molecule has 1 unspecified atom stereocenters. The molecule has 2 aromatic rings. The molecule has 0 saturated carbocycles. The Balaban J connectivity index is 0.00000158. The molecule has 2 fully saturated rings. The molecule has 0 amide bonds. The summed E-state index contributed by atoms with van der Waals surface area (Å²) in [5.41, 5.74) is 6.68. The molecule has 0 bridgehead atoms. The van der Waals surface area contributed by atoms with E-state index in [0.717, 1.165) is 0 Å². The molecule has 4 rings (SSSR count). The van der Waals surface area contributed by atoms with Crippen LogP contribution in [0.4, 0.5) is 5.82 Å². The number of ether oxygens (including phenoxy) is 2. The lowest BCUT2D eigenvalue weighted by molar-refractivity contribution is -0.152. The van der Waals surface area contributed by atoms with Gasteiger partial charge in [-0.1, -0.05) is 20.8 Å². The zero-order valence-electron chi connectivity index (χ0n) is 19.8. The van der Waals surface area contributed by atoms with Crippen molar-refractivity contribution in [3.8, 4) is 0 Å². The van der Waals surface area contributed by atoms with Crippen LogP contribution in [0.1, 0.15) is 53.7 Å². The van der Waals surface area contributed by atoms with Crippen molar-refractivity contribution < 1.29 is 32.4 Å². The molecule has 190 valence electrons. The van der Waals surface area contributed by atoms with Crippen LogP contribution in [0.15, 0.2) is 6.33 Å². The summed E-state index contributed by atoms with van der Waals surface area (Å²) < 4.78 is 42.1. The van der Waals surface area contributed by atoms with E-state index in [0.29, 0.717) is 24.0 Å². The fourth-order valence-corrected chi connectivity index (χ4v) is 5.07. The van der Waals surface area contributed by atoms with Crippen LogP contribution in [0.25, 0.3) is 11.2 Å². The number of anilines is 1. The first-order chi connectivity index (χ1) is 16.1. The lowest BCUT2D eigenvalue weighted by Crippen LogP contribution is -2.33. The highest BCUT2D eigenvalue weighted by molar-refractivity contribution is 7.48. The van der Waals surface area contributed by atoms with Crippen molar-refractivity contribution in [2.24, 2.45) is 5.92 Å². The Morgan fingerprint density at radius 3 is 2.76 bits per heavy atom. The maximum Gasteiger partial charge on any atom is 0.475 e. The number of carbonyl (C=O) groups excluding carboxylic acids is 1. The fourth-order valence-electron chi connectivity index (χ4n) is 3.49. The van der Waals surface area contributed by atoms with Gasteiger partial charge in [0.1, 0.15) is 24.0 Å². The Morgan fingerprint density at radius 1 is 1.32 bits per heavy atom. The number of fused-ring (bicyclic) bond motifs is 2. The Morgan fingerprint density at radius 2 is 2.06 bits per heavy atom. The predicted molar refractivity (Wildman–Crippen MR) is 124 cm³/mol. The van der Waals surface area contributed by atoms with E-state index in [1.165, 1.54) is 6.33 Å². The monoisotopic (exact) mass is 519 g/mol. The topological polar surface area (TPSA) is 150 Å². The molecule has 5 atom stereocenters. The lowest BCUT2D eigenvalue weighted by atomic mass is 10.1. The number of rotatable bonds is 7. The minimum absolute atomic E-state index is 0.00356. The maximum atomic E-state index is 12.9. The smallest absolute Gasteiger partial charge is 0.463 e. The number of nitrogen functional groups attached to an aromatic ring is 1. The standard InChI is InChI=1S/C18H25ClN5O7P.C2H6/c1-9(2)29-17(25)10(3)4-5-27-32(26)28-7-12-11(31-32)6-13(30-12)24-8-21-14-15(20)22-18(19)23-16(14)24;1-2/h8-13H,4-7H2,1-3H3,(H2,20,22,23);1-2H3/t10-,11-,12+,13+,32?;/m0./s1. The molecule has 14 heteroatoms. The largest absolute Gasteiger partial charge is 0.475 e. The number of esters is 1. The average Bonchev–Trinajstić information content (AvgIpc) is 3.38. The molecule has 2 aliphatic heterocycles. The summed E-state index contributed by atoms with van der Waals surface area (Å²) in [5.74, 6) is -0.578. The first kappa shape index (κ1) is 26.8. The molecule has 2 N–H and O–H groups in total. The summed E-state index contributed by atoms with van der Waals surface area (Å²) in [6, 6.07) is 0. The van der Waals surface area contributed by atoms with Crippen molar-refractivity contribution in [2.75, 3.05) is 18.9 Å². The Kier molecular flexibility index (Phi) is 8.88. The van der Waals surface area contributed by atoms with Crippen molar-refractivity contribution in [3.05, 3.63) is 11.6 Å². The summed E-state index contributed by atoms with van der Waals surface area (Å²) in [6.45, 7) is 9.33. The molecule has 0 spiro atoms. The van der Waals surface area contributed by atoms with E-state index in [9.17, 15) is 9.36 Å². The van der Waals surface area contributed by atoms with Crippen LogP contribution in [-0.2, 0) is 32.4 Å². The molecule has 34 heavy (non-hydrogen) atoms. The van der Waals surface area contributed by atoms with Crippen LogP contribution in [0.3, 0.4) is 0 Å². The summed E-state index contributed by atoms with van der Waals surface area (Å²) in [6.07, 6.45) is 0.550. The highest BCUT2D eigenvalue weighted by atomic mass is 35.5. The van der Waals surface area contributed by atoms with Crippen LogP contribution in [0.5, 0.6) is 0 Å². The molecule has 0 aromatic carbocycles. The number of nitrogens with zero attached hydrogens (tertiary/aromatic N) is 4. The SMILES string of the molecule is CC.CC(C)OC(=O)[C@@H](C)CCOP1(=O)OC[C@H]2O[C@@H](n3cnc4c(N)nc(Cl)nc43)C[C@@H]2O1. The van der Waals surface area contributed by atoms with Crippen molar-refractivity contribution in [1.29, 1.82) is 0 Å². The van der Waals surface area contributed by atoms with Gasteiger partial charge in [0.25, 0.3) is 0 Å². The quantitative estimate of drug-likeness (QED) is 0.322. The lowest BCUT2D eigenvalue weighted by Gasteiger charge is -2.30. The van der Waals surface area contributed by atoms with Crippen molar-refractivity contribution in [1.82, 2.24) is 19.5 Å². The van der Waals surface area contributed by atoms with Crippen molar-refractivity contribution >= 4 is 42.4 Å². The van der Waals surface area contributed by atoms with Gasteiger partial charge in [-0.2, -0.15) is 9.97 Å². The fraction of sp³-hybridized carbons (Fsp3) is 0.700. The third kappa shape index (κ3) is 6.05. The molecule has 2 saturated heterocycles. The predicted octanol–water partition coefficient (Wildman–Crippen LogP) is 3.89. The highest BCUT2D eigenvalue weighted by Crippen LogP contribution is 2.56. The molecule has 0 aliphatic carbocycles. The zero-order valence-corrected chi connectivity index (χ0v) is 21.5. The number of carbonyl (C=O) groups is 1. The van der Waals surface area contributed by atoms with Gasteiger partial charge in [0, 0.05) is 6.42 Å². The first-order valence-corrected chi connectivity index (χ1v) is 13.1. The maximum absolute atomic E-state index is 12.9. The van der Waals surface area contributed by atoms with Gasteiger partial charge >= 0.3 is 13.8 Å². The van der Waals surface area contributed by atoms with Gasteiger partial charge < -0.3 is 15.2 Å². The number of halogens is 1. The van der Waals surface area contributed by atoms with Gasteiger partial charge in [-0.25, -0.2) is 9.55 Å². The average molecular weight is 520 g/mol. The summed E-state index contributed by atoms with van der Waals surface area (Å²) >= 11 is 5.92. The molecule has 2 aliphatic rings. The minimum atomic E-state index is -3.79. The Labute approximate surface area is 203 Å². The van der Waals surface area contributed by atoms with Crippen LogP contribution >= 0.6 is 19.4 Å². The summed E-state index contributed by atoms with van der Waals surface area (Å²) in [4.78, 5) is 24.2. The molecular formula is C20H31ClN5O7P. The van der Waals surface area contributed by atoms with E-state index in [2.05, 4.69) is 15.0 Å². The van der Waals surface area contributed by atoms with Crippen LogP contribution in [0, 0.1) is 5.92 Å². The van der Waals surface area contributed by atoms with E-state index < -0.39 is 32.2 Å². The van der Waals surface area contributed by atoms with Crippen LogP contribution in [0.2, 0.25) is 5.28 Å².